The lowest BCUT2D eigenvalue weighted by molar-refractivity contribution is 0.734. The van der Waals surface area contributed by atoms with Crippen molar-refractivity contribution in [1.82, 2.24) is 14.5 Å². The van der Waals surface area contributed by atoms with Crippen LogP contribution >= 0.6 is 27.3 Å². The first kappa shape index (κ1) is 12.3. The van der Waals surface area contributed by atoms with E-state index in [2.05, 4.69) is 25.9 Å². The lowest BCUT2D eigenvalue weighted by atomic mass is 10.2. The van der Waals surface area contributed by atoms with E-state index in [1.807, 2.05) is 17.5 Å². The molecule has 0 aliphatic carbocycles. The molecule has 7 heteroatoms. The summed E-state index contributed by atoms with van der Waals surface area (Å²) in [4.78, 5) is 20.8. The lowest BCUT2D eigenvalue weighted by Crippen LogP contribution is -2.21. The van der Waals surface area contributed by atoms with Crippen LogP contribution in [0, 0.1) is 0 Å². The van der Waals surface area contributed by atoms with Crippen LogP contribution in [0.3, 0.4) is 0 Å². The average molecular weight is 337 g/mol. The molecule has 0 atom stereocenters. The molecule has 0 unspecified atom stereocenters. The number of nitrogens with zero attached hydrogens (tertiary/aromatic N) is 3. The van der Waals surface area contributed by atoms with Crippen LogP contribution in [0.5, 0.6) is 0 Å². The molecular weight excluding hydrogens is 328 g/mol. The van der Waals surface area contributed by atoms with E-state index in [0.717, 1.165) is 10.2 Å². The number of aromatic nitrogens is 3. The van der Waals surface area contributed by atoms with Crippen LogP contribution in [0.1, 0.15) is 5.69 Å². The number of halogens is 1. The van der Waals surface area contributed by atoms with Gasteiger partial charge in [0.25, 0.3) is 5.56 Å². The zero-order valence-electron chi connectivity index (χ0n) is 9.71. The van der Waals surface area contributed by atoms with Gasteiger partial charge in [-0.25, -0.2) is 9.97 Å². The third-order valence-corrected chi connectivity index (χ3v) is 3.90. The topological polar surface area (TPSA) is 73.8 Å². The summed E-state index contributed by atoms with van der Waals surface area (Å²) in [5.41, 5.74) is 6.94. The Balaban J connectivity index is 2.09. The summed E-state index contributed by atoms with van der Waals surface area (Å²) in [5.74, 6) is 0. The van der Waals surface area contributed by atoms with Crippen LogP contribution in [-0.2, 0) is 6.54 Å². The third kappa shape index (κ3) is 2.39. The highest BCUT2D eigenvalue weighted by atomic mass is 79.9. The second kappa shape index (κ2) is 4.75. The van der Waals surface area contributed by atoms with Gasteiger partial charge in [0.15, 0.2) is 5.13 Å². The van der Waals surface area contributed by atoms with Gasteiger partial charge in [0, 0.05) is 9.85 Å². The molecule has 1 aromatic carbocycles. The molecule has 0 amide bonds. The smallest absolute Gasteiger partial charge is 0.261 e. The molecule has 5 nitrogen and oxygen atoms in total. The van der Waals surface area contributed by atoms with Gasteiger partial charge in [-0.1, -0.05) is 15.9 Å². The van der Waals surface area contributed by atoms with Crippen molar-refractivity contribution in [2.75, 3.05) is 5.73 Å². The number of thiazole rings is 1. The maximum Gasteiger partial charge on any atom is 0.261 e. The molecule has 0 radical (unpaired) electrons. The largest absolute Gasteiger partial charge is 0.375 e. The van der Waals surface area contributed by atoms with E-state index in [-0.39, 0.29) is 5.56 Å². The van der Waals surface area contributed by atoms with Crippen LogP contribution in [-0.4, -0.2) is 14.5 Å². The highest BCUT2D eigenvalue weighted by Crippen LogP contribution is 2.15. The van der Waals surface area contributed by atoms with Crippen LogP contribution < -0.4 is 11.3 Å². The van der Waals surface area contributed by atoms with E-state index in [4.69, 9.17) is 5.73 Å². The molecule has 2 heterocycles. The summed E-state index contributed by atoms with van der Waals surface area (Å²) in [5, 5.41) is 2.92. The Kier molecular flexibility index (Phi) is 3.08. The Labute approximate surface area is 120 Å². The quantitative estimate of drug-likeness (QED) is 0.778. The van der Waals surface area contributed by atoms with Gasteiger partial charge in [-0.15, -0.1) is 11.3 Å². The van der Waals surface area contributed by atoms with Gasteiger partial charge in [-0.3, -0.25) is 9.36 Å². The van der Waals surface area contributed by atoms with Crippen LogP contribution in [0.15, 0.2) is 39.2 Å². The molecule has 0 spiro atoms. The van der Waals surface area contributed by atoms with Crippen LogP contribution in [0.4, 0.5) is 5.13 Å². The normalized spacial score (nSPS) is 11.0. The molecule has 2 N–H and O–H groups in total. The molecule has 2 aromatic heterocycles. The second-order valence-corrected chi connectivity index (χ2v) is 5.82. The number of hydrogen-bond donors (Lipinski definition) is 1. The summed E-state index contributed by atoms with van der Waals surface area (Å²) in [7, 11) is 0. The molecule has 3 aromatic rings. The van der Waals surface area contributed by atoms with Crippen molar-refractivity contribution < 1.29 is 0 Å². The maximum absolute atomic E-state index is 12.3. The van der Waals surface area contributed by atoms with Crippen molar-refractivity contribution in [2.24, 2.45) is 0 Å². The van der Waals surface area contributed by atoms with E-state index in [1.165, 1.54) is 22.2 Å². The maximum atomic E-state index is 12.3. The van der Waals surface area contributed by atoms with Gasteiger partial charge in [0.1, 0.15) is 0 Å². The molecule has 0 fully saturated rings. The minimum absolute atomic E-state index is 0.0853. The van der Waals surface area contributed by atoms with Gasteiger partial charge in [-0.2, -0.15) is 0 Å². The second-order valence-electron chi connectivity index (χ2n) is 4.02. The number of fused-ring (bicyclic) bond motifs is 1. The number of benzene rings is 1. The zero-order chi connectivity index (χ0) is 13.4. The predicted molar refractivity (Wildman–Crippen MR) is 79.3 cm³/mol. The van der Waals surface area contributed by atoms with E-state index < -0.39 is 0 Å². The highest BCUT2D eigenvalue weighted by molar-refractivity contribution is 9.10. The molecule has 0 saturated heterocycles. The van der Waals surface area contributed by atoms with Crippen LogP contribution in [0.2, 0.25) is 0 Å². The monoisotopic (exact) mass is 336 g/mol. The first-order chi connectivity index (χ1) is 9.13. The molecule has 19 heavy (non-hydrogen) atoms. The van der Waals surface area contributed by atoms with Gasteiger partial charge in [-0.05, 0) is 18.2 Å². The third-order valence-electron chi connectivity index (χ3n) is 2.69. The number of hydrogen-bond acceptors (Lipinski definition) is 5. The Hall–Kier alpha value is -1.73. The van der Waals surface area contributed by atoms with Crippen molar-refractivity contribution >= 4 is 43.3 Å². The molecule has 96 valence electrons. The lowest BCUT2D eigenvalue weighted by Gasteiger charge is -2.04. The number of nitrogen functional groups attached to an aromatic ring is 1. The van der Waals surface area contributed by atoms with E-state index >= 15 is 0 Å². The highest BCUT2D eigenvalue weighted by Gasteiger charge is 2.06. The van der Waals surface area contributed by atoms with Crippen molar-refractivity contribution in [3.63, 3.8) is 0 Å². The predicted octanol–water partition coefficient (Wildman–Crippen LogP) is 2.25. The molecular formula is C12H9BrN4OS. The van der Waals surface area contributed by atoms with E-state index in [1.54, 1.807) is 6.07 Å². The molecule has 0 saturated carbocycles. The van der Waals surface area contributed by atoms with Gasteiger partial charge >= 0.3 is 0 Å². The van der Waals surface area contributed by atoms with E-state index in [0.29, 0.717) is 22.6 Å². The Morgan fingerprint density at radius 3 is 3.00 bits per heavy atom. The Morgan fingerprint density at radius 2 is 2.26 bits per heavy atom. The molecule has 0 aliphatic heterocycles. The summed E-state index contributed by atoms with van der Waals surface area (Å²) in [6, 6.07) is 5.45. The summed E-state index contributed by atoms with van der Waals surface area (Å²) in [6.07, 6.45) is 1.54. The van der Waals surface area contributed by atoms with Gasteiger partial charge in [0.2, 0.25) is 0 Å². The minimum atomic E-state index is -0.0853. The average Bonchev–Trinajstić information content (AvgIpc) is 2.79. The van der Waals surface area contributed by atoms with Crippen molar-refractivity contribution in [1.29, 1.82) is 0 Å². The summed E-state index contributed by atoms with van der Waals surface area (Å²) < 4.78 is 2.39. The van der Waals surface area contributed by atoms with Crippen LogP contribution in [0.25, 0.3) is 10.9 Å². The Bertz CT molecular complexity index is 811. The number of anilines is 1. The first-order valence-electron chi connectivity index (χ1n) is 5.48. The van der Waals surface area contributed by atoms with Gasteiger partial charge < -0.3 is 5.73 Å². The fraction of sp³-hybridized carbons (Fsp3) is 0.0833. The first-order valence-corrected chi connectivity index (χ1v) is 7.15. The minimum Gasteiger partial charge on any atom is -0.375 e. The summed E-state index contributed by atoms with van der Waals surface area (Å²) >= 11 is 4.72. The van der Waals surface area contributed by atoms with E-state index in [9.17, 15) is 4.79 Å². The fourth-order valence-electron chi connectivity index (χ4n) is 1.81. The molecule has 0 aliphatic rings. The number of rotatable bonds is 2. The zero-order valence-corrected chi connectivity index (χ0v) is 12.1. The Morgan fingerprint density at radius 1 is 1.42 bits per heavy atom. The SMILES string of the molecule is Nc1nc(Cn2cnc3ccc(Br)cc3c2=O)cs1. The standard InChI is InChI=1S/C12H9BrN4OS/c13-7-1-2-10-9(3-7)11(18)17(6-15-10)4-8-5-19-12(14)16-8/h1-3,5-6H,4H2,(H2,14,16). The van der Waals surface area contributed by atoms with Crippen molar-refractivity contribution in [3.05, 3.63) is 50.4 Å². The van der Waals surface area contributed by atoms with Gasteiger partial charge in [0.05, 0.1) is 29.5 Å². The van der Waals surface area contributed by atoms with Crippen molar-refractivity contribution in [2.45, 2.75) is 6.54 Å². The summed E-state index contributed by atoms with van der Waals surface area (Å²) in [6.45, 7) is 0.377. The van der Waals surface area contributed by atoms with Crippen molar-refractivity contribution in [3.8, 4) is 0 Å². The molecule has 3 rings (SSSR count). The number of nitrogens with two attached hydrogens (primary N) is 1. The molecule has 0 bridgehead atoms. The fourth-order valence-corrected chi connectivity index (χ4v) is 2.73.